The number of carboxylic acids is 1. The number of piperidine rings is 1. The lowest BCUT2D eigenvalue weighted by Gasteiger charge is -2.30. The van der Waals surface area contributed by atoms with Gasteiger partial charge in [0.05, 0.1) is 0 Å². The normalized spacial score (nSPS) is 17.8. The van der Waals surface area contributed by atoms with Crippen molar-refractivity contribution in [1.82, 2.24) is 10.2 Å². The molecular formula is C10H18N2O3. The van der Waals surface area contributed by atoms with Gasteiger partial charge in [-0.25, -0.2) is 4.79 Å². The van der Waals surface area contributed by atoms with E-state index in [1.54, 1.807) is 0 Å². The van der Waals surface area contributed by atoms with Crippen LogP contribution in [-0.2, 0) is 9.59 Å². The topological polar surface area (TPSA) is 69.6 Å². The summed E-state index contributed by atoms with van der Waals surface area (Å²) in [5.74, 6) is -1.54. The number of rotatable bonds is 3. The van der Waals surface area contributed by atoms with Crippen molar-refractivity contribution in [1.29, 1.82) is 0 Å². The van der Waals surface area contributed by atoms with Gasteiger partial charge in [-0.1, -0.05) is 6.92 Å². The maximum atomic E-state index is 11.1. The second kappa shape index (κ2) is 5.70. The fourth-order valence-electron chi connectivity index (χ4n) is 1.82. The molecular weight excluding hydrogens is 196 g/mol. The lowest BCUT2D eigenvalue weighted by atomic mass is 9.97. The minimum absolute atomic E-state index is 0.571. The number of hydrogen-bond acceptors (Lipinski definition) is 3. The van der Waals surface area contributed by atoms with E-state index in [1.807, 2.05) is 0 Å². The Hall–Kier alpha value is -1.10. The molecule has 0 aromatic rings. The predicted molar refractivity (Wildman–Crippen MR) is 55.5 cm³/mol. The molecule has 1 aliphatic heterocycles. The van der Waals surface area contributed by atoms with Crippen LogP contribution in [0.3, 0.4) is 0 Å². The monoisotopic (exact) mass is 214 g/mol. The third-order valence-corrected chi connectivity index (χ3v) is 2.77. The summed E-state index contributed by atoms with van der Waals surface area (Å²) in [4.78, 5) is 23.0. The van der Waals surface area contributed by atoms with Crippen molar-refractivity contribution in [2.75, 3.05) is 26.2 Å². The molecule has 0 spiro atoms. The summed E-state index contributed by atoms with van der Waals surface area (Å²) in [5, 5.41) is 11.8. The molecule has 15 heavy (non-hydrogen) atoms. The Bertz CT molecular complexity index is 235. The molecule has 0 atom stereocenters. The molecule has 5 heteroatoms. The van der Waals surface area contributed by atoms with E-state index in [0.717, 1.165) is 25.9 Å². The van der Waals surface area contributed by atoms with Gasteiger partial charge in [0.1, 0.15) is 0 Å². The minimum atomic E-state index is -1.35. The summed E-state index contributed by atoms with van der Waals surface area (Å²) >= 11 is 0. The van der Waals surface area contributed by atoms with E-state index < -0.39 is 11.9 Å². The highest BCUT2D eigenvalue weighted by Gasteiger charge is 2.26. The van der Waals surface area contributed by atoms with Crippen LogP contribution < -0.4 is 5.32 Å². The Morgan fingerprint density at radius 1 is 1.40 bits per heavy atom. The molecule has 1 amide bonds. The van der Waals surface area contributed by atoms with E-state index in [-0.39, 0.29) is 0 Å². The Labute approximate surface area is 89.4 Å². The number of carbonyl (C=O) groups excluding carboxylic acids is 1. The summed E-state index contributed by atoms with van der Waals surface area (Å²) in [6.45, 7) is 5.12. The Kier molecular flexibility index (Phi) is 4.55. The average Bonchev–Trinajstić information content (AvgIpc) is 2.26. The minimum Gasteiger partial charge on any atom is -0.474 e. The van der Waals surface area contributed by atoms with Gasteiger partial charge in [0.2, 0.25) is 0 Å². The lowest BCUT2D eigenvalue weighted by molar-refractivity contribution is -0.156. The fourth-order valence-corrected chi connectivity index (χ4v) is 1.82. The molecule has 1 rings (SSSR count). The van der Waals surface area contributed by atoms with E-state index in [9.17, 15) is 9.59 Å². The van der Waals surface area contributed by atoms with Crippen molar-refractivity contribution in [2.24, 2.45) is 5.92 Å². The van der Waals surface area contributed by atoms with Gasteiger partial charge in [-0.15, -0.1) is 0 Å². The molecule has 0 bridgehead atoms. The van der Waals surface area contributed by atoms with Crippen LogP contribution in [0.5, 0.6) is 0 Å². The molecule has 1 saturated heterocycles. The first-order valence-electron chi connectivity index (χ1n) is 5.38. The third-order valence-electron chi connectivity index (χ3n) is 2.77. The number of carboxylic acid groups (broad SMARTS) is 1. The van der Waals surface area contributed by atoms with Crippen LogP contribution in [0.15, 0.2) is 0 Å². The van der Waals surface area contributed by atoms with Crippen molar-refractivity contribution < 1.29 is 14.7 Å². The zero-order chi connectivity index (χ0) is 11.3. The molecule has 2 N–H and O–H groups in total. The first-order chi connectivity index (χ1) is 7.15. The van der Waals surface area contributed by atoms with Crippen LogP contribution in [0.2, 0.25) is 0 Å². The molecule has 0 aliphatic carbocycles. The van der Waals surface area contributed by atoms with Crippen LogP contribution in [0.25, 0.3) is 0 Å². The van der Waals surface area contributed by atoms with Gasteiger partial charge in [0.25, 0.3) is 0 Å². The smallest absolute Gasteiger partial charge is 0.394 e. The van der Waals surface area contributed by atoms with Crippen LogP contribution in [0.4, 0.5) is 0 Å². The Balaban J connectivity index is 2.29. The number of likely N-dealkylation sites (tertiary alicyclic amines) is 1. The number of aliphatic carboxylic acids is 1. The van der Waals surface area contributed by atoms with Gasteiger partial charge in [-0.3, -0.25) is 4.79 Å². The molecule has 0 unspecified atom stereocenters. The van der Waals surface area contributed by atoms with Gasteiger partial charge in [-0.05, 0) is 31.8 Å². The maximum absolute atomic E-state index is 11.1. The summed E-state index contributed by atoms with van der Waals surface area (Å²) in [7, 11) is 0. The standard InChI is InChI=1S/C10H18N2O3/c1-2-11-7-8-3-5-12(6-4-8)9(13)10(14)15/h8,11H,2-7H2,1H3,(H,14,15). The highest BCUT2D eigenvalue weighted by Crippen LogP contribution is 2.16. The zero-order valence-electron chi connectivity index (χ0n) is 9.03. The Morgan fingerprint density at radius 3 is 2.47 bits per heavy atom. The molecule has 86 valence electrons. The van der Waals surface area contributed by atoms with Crippen molar-refractivity contribution in [3.63, 3.8) is 0 Å². The largest absolute Gasteiger partial charge is 0.474 e. The summed E-state index contributed by atoms with van der Waals surface area (Å²) < 4.78 is 0. The second-order valence-corrected chi connectivity index (χ2v) is 3.85. The van der Waals surface area contributed by atoms with Crippen molar-refractivity contribution in [3.05, 3.63) is 0 Å². The highest BCUT2D eigenvalue weighted by molar-refractivity contribution is 6.31. The number of hydrogen-bond donors (Lipinski definition) is 2. The van der Waals surface area contributed by atoms with Crippen molar-refractivity contribution in [2.45, 2.75) is 19.8 Å². The van der Waals surface area contributed by atoms with Gasteiger partial charge in [0.15, 0.2) is 0 Å². The molecule has 1 fully saturated rings. The second-order valence-electron chi connectivity index (χ2n) is 3.85. The number of nitrogens with zero attached hydrogens (tertiary/aromatic N) is 1. The van der Waals surface area contributed by atoms with Gasteiger partial charge >= 0.3 is 11.9 Å². The number of carbonyl (C=O) groups is 2. The van der Waals surface area contributed by atoms with E-state index in [2.05, 4.69) is 12.2 Å². The highest BCUT2D eigenvalue weighted by atomic mass is 16.4. The van der Waals surface area contributed by atoms with Crippen molar-refractivity contribution >= 4 is 11.9 Å². The summed E-state index contributed by atoms with van der Waals surface area (Å²) in [6, 6.07) is 0. The predicted octanol–water partition coefficient (Wildman–Crippen LogP) is -0.0809. The Morgan fingerprint density at radius 2 is 2.00 bits per heavy atom. The summed E-state index contributed by atoms with van der Waals surface area (Å²) in [5.41, 5.74) is 0. The number of nitrogens with one attached hydrogen (secondary N) is 1. The zero-order valence-corrected chi connectivity index (χ0v) is 9.03. The SMILES string of the molecule is CCNCC1CCN(C(=O)C(=O)O)CC1. The molecule has 0 aromatic carbocycles. The molecule has 1 aliphatic rings. The average molecular weight is 214 g/mol. The molecule has 0 radical (unpaired) electrons. The van der Waals surface area contributed by atoms with Gasteiger partial charge < -0.3 is 15.3 Å². The third kappa shape index (κ3) is 3.51. The van der Waals surface area contributed by atoms with Crippen molar-refractivity contribution in [3.8, 4) is 0 Å². The molecule has 1 heterocycles. The van der Waals surface area contributed by atoms with E-state index in [1.165, 1.54) is 4.90 Å². The van der Waals surface area contributed by atoms with Crippen LogP contribution in [0.1, 0.15) is 19.8 Å². The van der Waals surface area contributed by atoms with Crippen LogP contribution >= 0.6 is 0 Å². The quantitative estimate of drug-likeness (QED) is 0.645. The van der Waals surface area contributed by atoms with E-state index in [0.29, 0.717) is 19.0 Å². The molecule has 0 aromatic heterocycles. The maximum Gasteiger partial charge on any atom is 0.394 e. The lowest BCUT2D eigenvalue weighted by Crippen LogP contribution is -2.43. The first kappa shape index (κ1) is 12.0. The first-order valence-corrected chi connectivity index (χ1v) is 5.38. The summed E-state index contributed by atoms with van der Waals surface area (Å²) in [6.07, 6.45) is 1.79. The van der Waals surface area contributed by atoms with E-state index in [4.69, 9.17) is 5.11 Å². The van der Waals surface area contributed by atoms with E-state index >= 15 is 0 Å². The van der Waals surface area contributed by atoms with Gasteiger partial charge in [-0.2, -0.15) is 0 Å². The molecule has 5 nitrogen and oxygen atoms in total. The number of amides is 1. The fraction of sp³-hybridized carbons (Fsp3) is 0.800. The molecule has 0 saturated carbocycles. The van der Waals surface area contributed by atoms with Crippen LogP contribution in [0, 0.1) is 5.92 Å². The van der Waals surface area contributed by atoms with Crippen LogP contribution in [-0.4, -0.2) is 48.1 Å². The van der Waals surface area contributed by atoms with Gasteiger partial charge in [0, 0.05) is 13.1 Å².